The van der Waals surface area contributed by atoms with Crippen molar-refractivity contribution in [1.29, 1.82) is 0 Å². The van der Waals surface area contributed by atoms with Crippen molar-refractivity contribution in [3.8, 4) is 0 Å². The SMILES string of the molecule is Cn1nc(CC(=O)Nc2ccc(F)c(C(N)=O)c2)c2ccccc2c1=O. The number of amides is 2. The van der Waals surface area contributed by atoms with Crippen molar-refractivity contribution in [2.45, 2.75) is 6.42 Å². The maximum Gasteiger partial charge on any atom is 0.274 e. The zero-order valence-corrected chi connectivity index (χ0v) is 13.8. The predicted octanol–water partition coefficient (Wildman–Crippen LogP) is 1.35. The van der Waals surface area contributed by atoms with Gasteiger partial charge in [0, 0.05) is 18.1 Å². The van der Waals surface area contributed by atoms with Crippen LogP contribution in [0.25, 0.3) is 10.8 Å². The summed E-state index contributed by atoms with van der Waals surface area (Å²) >= 11 is 0. The second-order valence-corrected chi connectivity index (χ2v) is 5.70. The third-order valence-corrected chi connectivity index (χ3v) is 3.88. The number of carbonyl (C=O) groups excluding carboxylic acids is 2. The van der Waals surface area contributed by atoms with Gasteiger partial charge >= 0.3 is 0 Å². The van der Waals surface area contributed by atoms with Crippen LogP contribution < -0.4 is 16.6 Å². The lowest BCUT2D eigenvalue weighted by Crippen LogP contribution is -2.24. The number of halogens is 1. The van der Waals surface area contributed by atoms with Gasteiger partial charge in [-0.2, -0.15) is 5.10 Å². The van der Waals surface area contributed by atoms with Crippen molar-refractivity contribution in [2.24, 2.45) is 12.8 Å². The van der Waals surface area contributed by atoms with E-state index in [9.17, 15) is 18.8 Å². The number of hydrogen-bond donors (Lipinski definition) is 2. The van der Waals surface area contributed by atoms with Gasteiger partial charge in [0.25, 0.3) is 11.5 Å². The molecule has 7 nitrogen and oxygen atoms in total. The molecule has 1 aromatic heterocycles. The summed E-state index contributed by atoms with van der Waals surface area (Å²) in [7, 11) is 1.51. The Morgan fingerprint density at radius 2 is 1.88 bits per heavy atom. The third-order valence-electron chi connectivity index (χ3n) is 3.88. The van der Waals surface area contributed by atoms with Crippen LogP contribution >= 0.6 is 0 Å². The Kier molecular flexibility index (Phi) is 4.49. The lowest BCUT2D eigenvalue weighted by atomic mass is 10.1. The molecule has 0 aliphatic heterocycles. The minimum atomic E-state index is -0.927. The molecule has 0 aliphatic carbocycles. The Labute approximate surface area is 147 Å². The highest BCUT2D eigenvalue weighted by Crippen LogP contribution is 2.17. The first kappa shape index (κ1) is 17.3. The van der Waals surface area contributed by atoms with Gasteiger partial charge in [-0.05, 0) is 24.3 Å². The van der Waals surface area contributed by atoms with Crippen LogP contribution in [0.2, 0.25) is 0 Å². The fraction of sp³-hybridized carbons (Fsp3) is 0.111. The predicted molar refractivity (Wildman–Crippen MR) is 94.2 cm³/mol. The number of aromatic nitrogens is 2. The number of nitrogens with two attached hydrogens (primary N) is 1. The fourth-order valence-corrected chi connectivity index (χ4v) is 2.66. The van der Waals surface area contributed by atoms with Crippen LogP contribution in [0.15, 0.2) is 47.3 Å². The van der Waals surface area contributed by atoms with Crippen LogP contribution in [-0.4, -0.2) is 21.6 Å². The third kappa shape index (κ3) is 3.30. The molecule has 0 fully saturated rings. The summed E-state index contributed by atoms with van der Waals surface area (Å²) in [6.07, 6.45) is -0.0993. The highest BCUT2D eigenvalue weighted by atomic mass is 19.1. The molecule has 1 heterocycles. The summed E-state index contributed by atoms with van der Waals surface area (Å²) in [5, 5.41) is 7.77. The van der Waals surface area contributed by atoms with Crippen LogP contribution in [-0.2, 0) is 18.3 Å². The molecule has 0 aliphatic rings. The van der Waals surface area contributed by atoms with Gasteiger partial charge in [0.2, 0.25) is 5.91 Å². The molecule has 0 saturated heterocycles. The maximum atomic E-state index is 13.5. The Hall–Kier alpha value is -3.55. The Morgan fingerprint density at radius 1 is 1.19 bits per heavy atom. The zero-order chi connectivity index (χ0) is 18.8. The number of nitrogens with zero attached hydrogens (tertiary/aromatic N) is 2. The molecule has 132 valence electrons. The molecule has 3 N–H and O–H groups in total. The molecule has 3 aromatic rings. The van der Waals surface area contributed by atoms with E-state index < -0.39 is 17.6 Å². The lowest BCUT2D eigenvalue weighted by molar-refractivity contribution is -0.115. The van der Waals surface area contributed by atoms with Gasteiger partial charge in [-0.1, -0.05) is 18.2 Å². The topological polar surface area (TPSA) is 107 Å². The van der Waals surface area contributed by atoms with E-state index in [0.29, 0.717) is 16.5 Å². The number of rotatable bonds is 4. The minimum Gasteiger partial charge on any atom is -0.366 e. The molecule has 0 spiro atoms. The molecule has 0 saturated carbocycles. The molecule has 2 amide bonds. The molecular weight excluding hydrogens is 339 g/mol. The fourth-order valence-electron chi connectivity index (χ4n) is 2.66. The van der Waals surface area contributed by atoms with E-state index in [4.69, 9.17) is 5.73 Å². The molecule has 0 bridgehead atoms. The van der Waals surface area contributed by atoms with E-state index in [-0.39, 0.29) is 23.2 Å². The number of fused-ring (bicyclic) bond motifs is 1. The number of primary amides is 1. The number of aryl methyl sites for hydroxylation is 1. The Morgan fingerprint density at radius 3 is 2.58 bits per heavy atom. The summed E-state index contributed by atoms with van der Waals surface area (Å²) in [4.78, 5) is 35.6. The van der Waals surface area contributed by atoms with Crippen molar-refractivity contribution in [2.75, 3.05) is 5.32 Å². The number of anilines is 1. The number of hydrogen-bond acceptors (Lipinski definition) is 4. The van der Waals surface area contributed by atoms with Crippen molar-refractivity contribution in [3.05, 3.63) is 69.9 Å². The van der Waals surface area contributed by atoms with E-state index in [1.165, 1.54) is 23.9 Å². The van der Waals surface area contributed by atoms with E-state index in [1.807, 2.05) is 0 Å². The van der Waals surface area contributed by atoms with Gasteiger partial charge in [0.05, 0.1) is 23.1 Å². The van der Waals surface area contributed by atoms with Gasteiger partial charge in [-0.25, -0.2) is 9.07 Å². The van der Waals surface area contributed by atoms with Crippen molar-refractivity contribution >= 4 is 28.3 Å². The first-order chi connectivity index (χ1) is 12.4. The highest BCUT2D eigenvalue weighted by Gasteiger charge is 2.14. The van der Waals surface area contributed by atoms with Gasteiger partial charge in [-0.15, -0.1) is 0 Å². The summed E-state index contributed by atoms with van der Waals surface area (Å²) in [5.41, 5.74) is 5.19. The van der Waals surface area contributed by atoms with Crippen LogP contribution in [0, 0.1) is 5.82 Å². The number of nitrogens with one attached hydrogen (secondary N) is 1. The lowest BCUT2D eigenvalue weighted by Gasteiger charge is -2.09. The van der Waals surface area contributed by atoms with Crippen LogP contribution in [0.4, 0.5) is 10.1 Å². The van der Waals surface area contributed by atoms with Crippen LogP contribution in [0.3, 0.4) is 0 Å². The molecule has 0 atom stereocenters. The largest absolute Gasteiger partial charge is 0.366 e. The smallest absolute Gasteiger partial charge is 0.274 e. The van der Waals surface area contributed by atoms with E-state index in [1.54, 1.807) is 24.3 Å². The second-order valence-electron chi connectivity index (χ2n) is 5.70. The number of carbonyl (C=O) groups is 2. The van der Waals surface area contributed by atoms with Crippen molar-refractivity contribution < 1.29 is 14.0 Å². The number of benzene rings is 2. The highest BCUT2D eigenvalue weighted by molar-refractivity contribution is 5.98. The standard InChI is InChI=1S/C18H15FN4O3/c1-23-18(26)12-5-3-2-4-11(12)15(22-23)9-16(24)21-10-6-7-14(19)13(8-10)17(20)25/h2-8H,9H2,1H3,(H2,20,25)(H,21,24). The van der Waals surface area contributed by atoms with Gasteiger partial charge in [0.1, 0.15) is 5.82 Å². The molecular formula is C18H15FN4O3. The summed E-state index contributed by atoms with van der Waals surface area (Å²) < 4.78 is 14.7. The minimum absolute atomic E-state index is 0.0993. The van der Waals surface area contributed by atoms with E-state index in [2.05, 4.69) is 10.4 Å². The van der Waals surface area contributed by atoms with Crippen molar-refractivity contribution in [1.82, 2.24) is 9.78 Å². The summed E-state index contributed by atoms with van der Waals surface area (Å²) in [6.45, 7) is 0. The van der Waals surface area contributed by atoms with E-state index in [0.717, 1.165) is 6.07 Å². The van der Waals surface area contributed by atoms with Gasteiger partial charge in [0.15, 0.2) is 0 Å². The average molecular weight is 354 g/mol. The second kappa shape index (κ2) is 6.75. The zero-order valence-electron chi connectivity index (χ0n) is 13.8. The first-order valence-electron chi connectivity index (χ1n) is 7.71. The van der Waals surface area contributed by atoms with Gasteiger partial charge < -0.3 is 11.1 Å². The molecule has 26 heavy (non-hydrogen) atoms. The van der Waals surface area contributed by atoms with Crippen molar-refractivity contribution in [3.63, 3.8) is 0 Å². The molecule has 0 unspecified atom stereocenters. The normalized spacial score (nSPS) is 10.7. The molecule has 2 aromatic carbocycles. The molecule has 3 rings (SSSR count). The monoisotopic (exact) mass is 354 g/mol. The average Bonchev–Trinajstić information content (AvgIpc) is 2.61. The Balaban J connectivity index is 1.89. The summed E-state index contributed by atoms with van der Waals surface area (Å²) in [6, 6.07) is 10.4. The quantitative estimate of drug-likeness (QED) is 0.737. The van der Waals surface area contributed by atoms with Crippen LogP contribution in [0.1, 0.15) is 16.1 Å². The van der Waals surface area contributed by atoms with Crippen LogP contribution in [0.5, 0.6) is 0 Å². The first-order valence-corrected chi connectivity index (χ1v) is 7.71. The molecule has 0 radical (unpaired) electrons. The molecule has 8 heteroatoms. The Bertz CT molecular complexity index is 1090. The maximum absolute atomic E-state index is 13.5. The summed E-state index contributed by atoms with van der Waals surface area (Å²) in [5.74, 6) is -2.12. The van der Waals surface area contributed by atoms with Gasteiger partial charge in [-0.3, -0.25) is 14.4 Å². The van der Waals surface area contributed by atoms with E-state index >= 15 is 0 Å².